The SMILES string of the molecule is CC(C)(C)[Si](C)(C)O[C@@]1(C)CCNC1=O. The predicted octanol–water partition coefficient (Wildman–Crippen LogP) is 2.29. The Balaban J connectivity index is 2.81. The van der Waals surface area contributed by atoms with Crippen LogP contribution in [0, 0.1) is 0 Å². The number of amides is 1. The van der Waals surface area contributed by atoms with E-state index in [1.54, 1.807) is 0 Å². The summed E-state index contributed by atoms with van der Waals surface area (Å²) in [5, 5.41) is 2.99. The van der Waals surface area contributed by atoms with Crippen molar-refractivity contribution in [2.24, 2.45) is 0 Å². The van der Waals surface area contributed by atoms with Gasteiger partial charge in [-0.3, -0.25) is 4.79 Å². The van der Waals surface area contributed by atoms with E-state index < -0.39 is 13.9 Å². The third-order valence-electron chi connectivity index (χ3n) is 3.65. The van der Waals surface area contributed by atoms with E-state index in [1.807, 2.05) is 6.92 Å². The monoisotopic (exact) mass is 229 g/mol. The Morgan fingerprint density at radius 2 is 1.93 bits per heavy atom. The number of rotatable bonds is 2. The van der Waals surface area contributed by atoms with E-state index in [0.29, 0.717) is 0 Å². The zero-order chi connectivity index (χ0) is 11.9. The van der Waals surface area contributed by atoms with E-state index in [1.165, 1.54) is 0 Å². The Morgan fingerprint density at radius 1 is 1.40 bits per heavy atom. The number of carbonyl (C=O) groups is 1. The quantitative estimate of drug-likeness (QED) is 0.738. The van der Waals surface area contributed by atoms with Gasteiger partial charge in [0, 0.05) is 13.0 Å². The minimum atomic E-state index is -1.84. The highest BCUT2D eigenvalue weighted by atomic mass is 28.4. The molecule has 1 aliphatic rings. The van der Waals surface area contributed by atoms with E-state index in [0.717, 1.165) is 13.0 Å². The topological polar surface area (TPSA) is 38.3 Å². The van der Waals surface area contributed by atoms with Crippen molar-refractivity contribution >= 4 is 14.2 Å². The maximum atomic E-state index is 11.7. The van der Waals surface area contributed by atoms with Crippen LogP contribution in [0.5, 0.6) is 0 Å². The number of hydrogen-bond donors (Lipinski definition) is 1. The van der Waals surface area contributed by atoms with Gasteiger partial charge in [-0.2, -0.15) is 0 Å². The third kappa shape index (κ3) is 2.42. The molecule has 1 amide bonds. The molecule has 0 aromatic rings. The lowest BCUT2D eigenvalue weighted by atomic mass is 10.1. The maximum Gasteiger partial charge on any atom is 0.250 e. The van der Waals surface area contributed by atoms with Gasteiger partial charge in [-0.15, -0.1) is 0 Å². The van der Waals surface area contributed by atoms with Crippen LogP contribution in [0.3, 0.4) is 0 Å². The fourth-order valence-corrected chi connectivity index (χ4v) is 3.16. The lowest BCUT2D eigenvalue weighted by molar-refractivity contribution is -0.132. The molecule has 1 aliphatic heterocycles. The summed E-state index contributed by atoms with van der Waals surface area (Å²) in [5.74, 6) is 0.0484. The van der Waals surface area contributed by atoms with E-state index >= 15 is 0 Å². The number of carbonyl (C=O) groups excluding carboxylic acids is 1. The zero-order valence-corrected chi connectivity index (χ0v) is 11.7. The van der Waals surface area contributed by atoms with Gasteiger partial charge in [-0.25, -0.2) is 0 Å². The molecule has 4 heteroatoms. The van der Waals surface area contributed by atoms with Gasteiger partial charge < -0.3 is 9.74 Å². The second-order valence-corrected chi connectivity index (χ2v) is 10.8. The second-order valence-electron chi connectivity index (χ2n) is 6.10. The lowest BCUT2D eigenvalue weighted by Gasteiger charge is -2.41. The Bertz CT molecular complexity index is 270. The van der Waals surface area contributed by atoms with Crippen molar-refractivity contribution in [2.75, 3.05) is 6.54 Å². The van der Waals surface area contributed by atoms with E-state index in [4.69, 9.17) is 4.43 Å². The van der Waals surface area contributed by atoms with Crippen molar-refractivity contribution in [3.8, 4) is 0 Å². The normalized spacial score (nSPS) is 28.0. The molecule has 0 aliphatic carbocycles. The molecule has 0 aromatic carbocycles. The fraction of sp³-hybridized carbons (Fsp3) is 0.909. The summed E-state index contributed by atoms with van der Waals surface area (Å²) in [5.41, 5.74) is -0.594. The van der Waals surface area contributed by atoms with Crippen molar-refractivity contribution in [1.82, 2.24) is 5.32 Å². The van der Waals surface area contributed by atoms with Crippen LogP contribution in [0.2, 0.25) is 18.1 Å². The van der Waals surface area contributed by atoms with Crippen molar-refractivity contribution in [1.29, 1.82) is 0 Å². The summed E-state index contributed by atoms with van der Waals surface area (Å²) >= 11 is 0. The first-order chi connectivity index (χ1) is 6.58. The van der Waals surface area contributed by atoms with Gasteiger partial charge in [0.1, 0.15) is 5.60 Å². The van der Waals surface area contributed by atoms with Crippen LogP contribution in [0.4, 0.5) is 0 Å². The average molecular weight is 229 g/mol. The molecule has 1 rings (SSSR count). The van der Waals surface area contributed by atoms with Crippen molar-refractivity contribution in [3.63, 3.8) is 0 Å². The molecule has 0 bridgehead atoms. The molecule has 88 valence electrons. The highest BCUT2D eigenvalue weighted by Gasteiger charge is 2.47. The molecule has 15 heavy (non-hydrogen) atoms. The summed E-state index contributed by atoms with van der Waals surface area (Å²) in [7, 11) is -1.84. The summed E-state index contributed by atoms with van der Waals surface area (Å²) < 4.78 is 6.19. The molecule has 0 aromatic heterocycles. The summed E-state index contributed by atoms with van der Waals surface area (Å²) in [6, 6.07) is 0. The van der Waals surface area contributed by atoms with E-state index in [9.17, 15) is 4.79 Å². The van der Waals surface area contributed by atoms with Gasteiger partial charge in [0.2, 0.25) is 0 Å². The van der Waals surface area contributed by atoms with Crippen LogP contribution in [0.1, 0.15) is 34.1 Å². The minimum absolute atomic E-state index is 0.0484. The van der Waals surface area contributed by atoms with Crippen LogP contribution >= 0.6 is 0 Å². The van der Waals surface area contributed by atoms with Gasteiger partial charge in [-0.05, 0) is 25.1 Å². The van der Waals surface area contributed by atoms with Crippen LogP contribution in [0.25, 0.3) is 0 Å². The minimum Gasteiger partial charge on any atom is -0.403 e. The zero-order valence-electron chi connectivity index (χ0n) is 10.7. The molecule has 0 spiro atoms. The molecule has 1 heterocycles. The molecule has 1 atom stereocenters. The second kappa shape index (κ2) is 3.59. The number of nitrogens with one attached hydrogen (secondary N) is 1. The van der Waals surface area contributed by atoms with Gasteiger partial charge in [0.05, 0.1) is 0 Å². The molecule has 0 unspecified atom stereocenters. The van der Waals surface area contributed by atoms with Gasteiger partial charge in [-0.1, -0.05) is 20.8 Å². The van der Waals surface area contributed by atoms with Crippen LogP contribution in [-0.2, 0) is 9.22 Å². The van der Waals surface area contributed by atoms with Crippen molar-refractivity contribution in [2.45, 2.75) is 57.8 Å². The van der Waals surface area contributed by atoms with E-state index in [2.05, 4.69) is 39.2 Å². The molecule has 1 fully saturated rings. The maximum absolute atomic E-state index is 11.7. The molecular weight excluding hydrogens is 206 g/mol. The van der Waals surface area contributed by atoms with Gasteiger partial charge >= 0.3 is 0 Å². The first kappa shape index (κ1) is 12.7. The summed E-state index contributed by atoms with van der Waals surface area (Å²) in [6.45, 7) is 13.6. The highest BCUT2D eigenvalue weighted by molar-refractivity contribution is 6.74. The summed E-state index contributed by atoms with van der Waals surface area (Å²) in [4.78, 5) is 11.7. The van der Waals surface area contributed by atoms with Crippen molar-refractivity contribution in [3.05, 3.63) is 0 Å². The van der Waals surface area contributed by atoms with Crippen LogP contribution in [-0.4, -0.2) is 26.4 Å². The van der Waals surface area contributed by atoms with Gasteiger partial charge in [0.25, 0.3) is 5.91 Å². The lowest BCUT2D eigenvalue weighted by Crippen LogP contribution is -2.51. The Hall–Kier alpha value is -0.353. The highest BCUT2D eigenvalue weighted by Crippen LogP contribution is 2.40. The van der Waals surface area contributed by atoms with Crippen molar-refractivity contribution < 1.29 is 9.22 Å². The number of hydrogen-bond acceptors (Lipinski definition) is 2. The summed E-state index contributed by atoms with van der Waals surface area (Å²) in [6.07, 6.45) is 0.790. The molecule has 0 saturated carbocycles. The fourth-order valence-electron chi connectivity index (χ4n) is 1.53. The van der Waals surface area contributed by atoms with E-state index in [-0.39, 0.29) is 10.9 Å². The molecular formula is C11H23NO2Si. The average Bonchev–Trinajstić information content (AvgIpc) is 2.28. The largest absolute Gasteiger partial charge is 0.403 e. The Labute approximate surface area is 93.7 Å². The van der Waals surface area contributed by atoms with Crippen LogP contribution < -0.4 is 5.32 Å². The Morgan fingerprint density at radius 3 is 2.27 bits per heavy atom. The molecule has 1 saturated heterocycles. The Kier molecular flexibility index (Phi) is 3.05. The first-order valence-electron chi connectivity index (χ1n) is 5.57. The van der Waals surface area contributed by atoms with Gasteiger partial charge in [0.15, 0.2) is 8.32 Å². The standard InChI is InChI=1S/C11H23NO2Si/c1-10(2,3)15(5,6)14-11(4)7-8-12-9(11)13/h7-8H2,1-6H3,(H,12,13)/t11-/m0/s1. The van der Waals surface area contributed by atoms with Crippen LogP contribution in [0.15, 0.2) is 0 Å². The molecule has 0 radical (unpaired) electrons. The first-order valence-corrected chi connectivity index (χ1v) is 8.48. The predicted molar refractivity (Wildman–Crippen MR) is 64.3 cm³/mol. The third-order valence-corrected chi connectivity index (χ3v) is 8.23. The molecule has 3 nitrogen and oxygen atoms in total. The molecule has 1 N–H and O–H groups in total. The smallest absolute Gasteiger partial charge is 0.250 e.